The van der Waals surface area contributed by atoms with Crippen LogP contribution in [-0.4, -0.2) is 41.5 Å². The largest absolute Gasteiger partial charge is 0.497 e. The number of non-ortho nitro benzene ring substituents is 1. The Bertz CT molecular complexity index is 1860. The standard InChI is InChI=1S/C34H23FN2O6/c1-43-24-6-4-5-21(18-24)31(38)30-29(19-9-13-23(14-10-19)37(41)42)34(32(39)25-7-2-3-8-26(25)33(34)40)28-16-11-20-17-22(35)12-15-27(20)36(28)30/h2-18,28-30H,1H3/t28-,29-,30+/m0/s1. The van der Waals surface area contributed by atoms with E-state index in [1.165, 1.54) is 43.5 Å². The first-order chi connectivity index (χ1) is 20.8. The van der Waals surface area contributed by atoms with E-state index < -0.39 is 45.7 Å². The molecular weight excluding hydrogens is 551 g/mol. The van der Waals surface area contributed by atoms with Gasteiger partial charge in [0.25, 0.3) is 5.69 Å². The summed E-state index contributed by atoms with van der Waals surface area (Å²) in [5.74, 6) is -2.32. The highest BCUT2D eigenvalue weighted by Crippen LogP contribution is 2.61. The van der Waals surface area contributed by atoms with Crippen LogP contribution >= 0.6 is 0 Å². The maximum atomic E-state index is 14.7. The Balaban J connectivity index is 1.54. The molecule has 3 atom stereocenters. The Kier molecular flexibility index (Phi) is 5.88. The summed E-state index contributed by atoms with van der Waals surface area (Å²) in [5, 5.41) is 11.5. The van der Waals surface area contributed by atoms with Crippen molar-refractivity contribution in [2.45, 2.75) is 18.0 Å². The zero-order valence-corrected chi connectivity index (χ0v) is 22.8. The van der Waals surface area contributed by atoms with E-state index in [2.05, 4.69) is 0 Å². The van der Waals surface area contributed by atoms with Crippen LogP contribution in [0, 0.1) is 21.3 Å². The second kappa shape index (κ2) is 9.55. The summed E-state index contributed by atoms with van der Waals surface area (Å²) in [6.45, 7) is 0. The molecule has 0 N–H and O–H groups in total. The molecule has 1 saturated heterocycles. The van der Waals surface area contributed by atoms with E-state index in [0.717, 1.165) is 0 Å². The number of hydrogen-bond acceptors (Lipinski definition) is 7. The molecule has 212 valence electrons. The third-order valence-corrected chi connectivity index (χ3v) is 8.85. The minimum atomic E-state index is -1.78. The van der Waals surface area contributed by atoms with Gasteiger partial charge in [-0.1, -0.05) is 60.7 Å². The zero-order chi connectivity index (χ0) is 30.0. The van der Waals surface area contributed by atoms with E-state index in [9.17, 15) is 28.9 Å². The van der Waals surface area contributed by atoms with Gasteiger partial charge in [0.2, 0.25) is 0 Å². The Hall–Kier alpha value is -5.44. The number of hydrogen-bond donors (Lipinski definition) is 0. The number of nitrogens with zero attached hydrogens (tertiary/aromatic N) is 2. The molecule has 43 heavy (non-hydrogen) atoms. The van der Waals surface area contributed by atoms with E-state index in [1.807, 2.05) is 0 Å². The number of anilines is 1. The van der Waals surface area contributed by atoms with Crippen LogP contribution in [0.5, 0.6) is 5.75 Å². The normalized spacial score (nSPS) is 21.0. The maximum Gasteiger partial charge on any atom is 0.269 e. The van der Waals surface area contributed by atoms with Crippen LogP contribution in [-0.2, 0) is 0 Å². The molecule has 1 aliphatic carbocycles. The number of carbonyl (C=O) groups excluding carboxylic acids is 3. The highest BCUT2D eigenvalue weighted by molar-refractivity contribution is 6.32. The minimum absolute atomic E-state index is 0.169. The molecule has 1 spiro atoms. The fourth-order valence-corrected chi connectivity index (χ4v) is 7.07. The number of nitro benzene ring substituents is 1. The van der Waals surface area contributed by atoms with Crippen molar-refractivity contribution in [1.29, 1.82) is 0 Å². The summed E-state index contributed by atoms with van der Waals surface area (Å²) in [4.78, 5) is 56.7. The number of Topliss-reactive ketones (excluding diaryl/α,β-unsaturated/α-hetero) is 3. The molecule has 2 heterocycles. The van der Waals surface area contributed by atoms with E-state index in [0.29, 0.717) is 28.1 Å². The van der Waals surface area contributed by atoms with Gasteiger partial charge in [0.1, 0.15) is 23.0 Å². The minimum Gasteiger partial charge on any atom is -0.497 e. The van der Waals surface area contributed by atoms with Gasteiger partial charge in [0.05, 0.1) is 18.1 Å². The number of carbonyl (C=O) groups is 3. The molecule has 8 nitrogen and oxygen atoms in total. The van der Waals surface area contributed by atoms with Crippen LogP contribution in [0.4, 0.5) is 15.8 Å². The predicted molar refractivity (Wildman–Crippen MR) is 156 cm³/mol. The quantitative estimate of drug-likeness (QED) is 0.123. The van der Waals surface area contributed by atoms with E-state index in [4.69, 9.17) is 4.74 Å². The van der Waals surface area contributed by atoms with Gasteiger partial charge in [-0.25, -0.2) is 4.39 Å². The second-order valence-electron chi connectivity index (χ2n) is 10.9. The zero-order valence-electron chi connectivity index (χ0n) is 22.8. The van der Waals surface area contributed by atoms with Gasteiger partial charge in [-0.05, 0) is 35.9 Å². The number of ether oxygens (including phenoxy) is 1. The van der Waals surface area contributed by atoms with Crippen LogP contribution < -0.4 is 9.64 Å². The predicted octanol–water partition coefficient (Wildman–Crippen LogP) is 6.06. The molecule has 7 rings (SSSR count). The third kappa shape index (κ3) is 3.64. The van der Waals surface area contributed by atoms with Crippen molar-refractivity contribution in [1.82, 2.24) is 0 Å². The first-order valence-corrected chi connectivity index (χ1v) is 13.6. The van der Waals surface area contributed by atoms with Crippen LogP contribution in [0.15, 0.2) is 97.1 Å². The highest BCUT2D eigenvalue weighted by Gasteiger charge is 2.71. The topological polar surface area (TPSA) is 107 Å². The molecule has 0 unspecified atom stereocenters. The fraction of sp³-hybridized carbons (Fsp3) is 0.147. The molecule has 0 aromatic heterocycles. The lowest BCUT2D eigenvalue weighted by Crippen LogP contribution is -2.48. The lowest BCUT2D eigenvalue weighted by Gasteiger charge is -2.37. The van der Waals surface area contributed by atoms with Gasteiger partial charge in [0.15, 0.2) is 17.3 Å². The summed E-state index contributed by atoms with van der Waals surface area (Å²) in [6.07, 6.45) is 3.37. The summed E-state index contributed by atoms with van der Waals surface area (Å²) >= 11 is 0. The summed E-state index contributed by atoms with van der Waals surface area (Å²) < 4.78 is 19.8. The molecule has 0 amide bonds. The first-order valence-electron chi connectivity index (χ1n) is 13.6. The second-order valence-corrected chi connectivity index (χ2v) is 10.9. The molecular formula is C34H23FN2O6. The van der Waals surface area contributed by atoms with Crippen molar-refractivity contribution in [3.8, 4) is 5.75 Å². The van der Waals surface area contributed by atoms with E-state index >= 15 is 0 Å². The smallest absolute Gasteiger partial charge is 0.269 e. The van der Waals surface area contributed by atoms with Crippen LogP contribution in [0.3, 0.4) is 0 Å². The lowest BCUT2D eigenvalue weighted by atomic mass is 9.64. The Morgan fingerprint density at radius 3 is 2.28 bits per heavy atom. The number of methoxy groups -OCH3 is 1. The molecule has 0 bridgehead atoms. The lowest BCUT2D eigenvalue weighted by molar-refractivity contribution is -0.384. The van der Waals surface area contributed by atoms with Gasteiger partial charge >= 0.3 is 0 Å². The molecule has 2 aliphatic heterocycles. The average molecular weight is 575 g/mol. The van der Waals surface area contributed by atoms with E-state index in [1.54, 1.807) is 71.6 Å². The Morgan fingerprint density at radius 2 is 1.63 bits per heavy atom. The van der Waals surface area contributed by atoms with Gasteiger partial charge < -0.3 is 9.64 Å². The Morgan fingerprint density at radius 1 is 0.930 bits per heavy atom. The Labute approximate surface area is 245 Å². The molecule has 1 fully saturated rings. The number of nitro groups is 1. The average Bonchev–Trinajstić information content (AvgIpc) is 3.46. The summed E-state index contributed by atoms with van der Waals surface area (Å²) in [6, 6.07) is 21.0. The van der Waals surface area contributed by atoms with Gasteiger partial charge in [-0.2, -0.15) is 0 Å². The van der Waals surface area contributed by atoms with Gasteiger partial charge in [0, 0.05) is 46.0 Å². The van der Waals surface area contributed by atoms with Gasteiger partial charge in [-0.15, -0.1) is 0 Å². The molecule has 9 heteroatoms. The fourth-order valence-electron chi connectivity index (χ4n) is 7.07. The van der Waals surface area contributed by atoms with Crippen molar-refractivity contribution >= 4 is 34.8 Å². The van der Waals surface area contributed by atoms with Crippen molar-refractivity contribution < 1.29 is 28.4 Å². The number of rotatable bonds is 5. The summed E-state index contributed by atoms with van der Waals surface area (Å²) in [7, 11) is 1.48. The maximum absolute atomic E-state index is 14.7. The first kappa shape index (κ1) is 26.5. The molecule has 4 aromatic rings. The number of halogens is 1. The molecule has 0 saturated carbocycles. The van der Waals surface area contributed by atoms with Crippen LogP contribution in [0.2, 0.25) is 0 Å². The van der Waals surface area contributed by atoms with Crippen LogP contribution in [0.1, 0.15) is 48.1 Å². The number of ketones is 3. The van der Waals surface area contributed by atoms with Crippen LogP contribution in [0.25, 0.3) is 6.08 Å². The van der Waals surface area contributed by atoms with Crippen molar-refractivity contribution in [2.75, 3.05) is 12.0 Å². The van der Waals surface area contributed by atoms with Crippen molar-refractivity contribution in [2.24, 2.45) is 5.41 Å². The SMILES string of the molecule is COc1cccc(C(=O)[C@H]2[C@H](c3ccc([N+](=O)[O-])cc3)C3(C(=O)c4ccccc4C3=O)[C@@H]3C=Cc4cc(F)ccc4N32)c1. The number of fused-ring (bicyclic) bond motifs is 5. The highest BCUT2D eigenvalue weighted by atomic mass is 19.1. The third-order valence-electron chi connectivity index (χ3n) is 8.85. The monoisotopic (exact) mass is 574 g/mol. The number of benzene rings is 4. The molecule has 4 aromatic carbocycles. The van der Waals surface area contributed by atoms with Gasteiger partial charge in [-0.3, -0.25) is 24.5 Å². The van der Waals surface area contributed by atoms with E-state index in [-0.39, 0.29) is 22.6 Å². The van der Waals surface area contributed by atoms with Crippen molar-refractivity contribution in [3.05, 3.63) is 141 Å². The van der Waals surface area contributed by atoms with Crippen molar-refractivity contribution in [3.63, 3.8) is 0 Å². The molecule has 0 radical (unpaired) electrons. The molecule has 3 aliphatic rings. The summed E-state index contributed by atoms with van der Waals surface area (Å²) in [5.41, 5.74) is 0.275.